The minimum Gasteiger partial charge on any atom is -0.299 e. The van der Waals surface area contributed by atoms with Crippen LogP contribution in [0.4, 0.5) is 0 Å². The molecule has 0 atom stereocenters. The van der Waals surface area contributed by atoms with Gasteiger partial charge in [-0.05, 0) is 0 Å². The van der Waals surface area contributed by atoms with E-state index in [9.17, 15) is 4.79 Å². The highest BCUT2D eigenvalue weighted by atomic mass is 16.1. The lowest BCUT2D eigenvalue weighted by Gasteiger charge is -2.15. The quantitative estimate of drug-likeness (QED) is 0.623. The van der Waals surface area contributed by atoms with E-state index in [0.29, 0.717) is 0 Å². The molecule has 0 aliphatic carbocycles. The summed E-state index contributed by atoms with van der Waals surface area (Å²) in [6, 6.07) is 3.55. The summed E-state index contributed by atoms with van der Waals surface area (Å²) < 4.78 is 0. The summed E-state index contributed by atoms with van der Waals surface area (Å²) in [5.74, 6) is -0.840. The first-order valence-electron chi connectivity index (χ1n) is 3.74. The lowest BCUT2D eigenvalue weighted by atomic mass is 9.86. The van der Waals surface area contributed by atoms with Gasteiger partial charge in [-0.3, -0.25) is 4.79 Å². The maximum atomic E-state index is 11.3. The van der Waals surface area contributed by atoms with E-state index in [1.807, 2.05) is 0 Å². The highest BCUT2D eigenvalue weighted by molar-refractivity contribution is 5.84. The topological polar surface area (TPSA) is 64.7 Å². The molecule has 0 aromatic heterocycles. The molecule has 64 valence electrons. The van der Waals surface area contributed by atoms with Gasteiger partial charge in [0.2, 0.25) is 0 Å². The molecule has 3 nitrogen and oxygen atoms in total. The molecule has 0 rings (SSSR count). The molecule has 3 heteroatoms. The van der Waals surface area contributed by atoms with Crippen LogP contribution < -0.4 is 0 Å². The Morgan fingerprint density at radius 3 is 2.00 bits per heavy atom. The molecule has 12 heavy (non-hydrogen) atoms. The lowest BCUT2D eigenvalue weighted by molar-refractivity contribution is -0.126. The molecule has 0 aliphatic rings. The van der Waals surface area contributed by atoms with Gasteiger partial charge < -0.3 is 0 Å². The predicted octanol–water partition coefficient (Wildman–Crippen LogP) is 1.66. The van der Waals surface area contributed by atoms with Crippen LogP contribution in [0, 0.1) is 34.0 Å². The Morgan fingerprint density at radius 1 is 1.33 bits per heavy atom. The molecular formula is C9H12N2O. The standard InChI is InChI=1S/C9H12N2O/c1-9(2,3)8(12)4-7(5-10)6-11/h7H,4H2,1-3H3. The molecule has 0 N–H and O–H groups in total. The summed E-state index contributed by atoms with van der Waals surface area (Å²) in [6.07, 6.45) is 0.0382. The minimum atomic E-state index is -0.795. The van der Waals surface area contributed by atoms with Crippen LogP contribution in [-0.4, -0.2) is 5.78 Å². The molecule has 0 radical (unpaired) electrons. The number of carbonyl (C=O) groups is 1. The third kappa shape index (κ3) is 3.16. The summed E-state index contributed by atoms with van der Waals surface area (Å²) in [5.41, 5.74) is -0.452. The second-order valence-electron chi connectivity index (χ2n) is 3.69. The van der Waals surface area contributed by atoms with Crippen molar-refractivity contribution >= 4 is 5.78 Å². The van der Waals surface area contributed by atoms with Gasteiger partial charge in [0.15, 0.2) is 0 Å². The Kier molecular flexibility index (Phi) is 3.44. The van der Waals surface area contributed by atoms with Crippen LogP contribution in [0.1, 0.15) is 27.2 Å². The van der Waals surface area contributed by atoms with E-state index in [0.717, 1.165) is 0 Å². The Labute approximate surface area is 72.6 Å². The Bertz CT molecular complexity index is 235. The van der Waals surface area contributed by atoms with Crippen molar-refractivity contribution in [2.45, 2.75) is 27.2 Å². The zero-order chi connectivity index (χ0) is 9.78. The van der Waals surface area contributed by atoms with Crippen molar-refractivity contribution in [1.29, 1.82) is 10.5 Å². The molecule has 0 amide bonds. The molecule has 0 unspecified atom stereocenters. The van der Waals surface area contributed by atoms with E-state index in [2.05, 4.69) is 0 Å². The van der Waals surface area contributed by atoms with Gasteiger partial charge in [0.25, 0.3) is 0 Å². The van der Waals surface area contributed by atoms with E-state index in [1.165, 1.54) is 0 Å². The normalized spacial score (nSPS) is 10.5. The summed E-state index contributed by atoms with van der Waals surface area (Å²) in [7, 11) is 0. The van der Waals surface area contributed by atoms with Gasteiger partial charge in [-0.15, -0.1) is 0 Å². The molecule has 0 heterocycles. The largest absolute Gasteiger partial charge is 0.299 e. The summed E-state index contributed by atoms with van der Waals surface area (Å²) in [6.45, 7) is 5.34. The number of nitriles is 2. The Morgan fingerprint density at radius 2 is 1.75 bits per heavy atom. The minimum absolute atomic E-state index is 0.0382. The fourth-order valence-corrected chi connectivity index (χ4v) is 0.612. The highest BCUT2D eigenvalue weighted by Gasteiger charge is 2.24. The monoisotopic (exact) mass is 164 g/mol. The molecular weight excluding hydrogens is 152 g/mol. The third-order valence-corrected chi connectivity index (χ3v) is 1.54. The van der Waals surface area contributed by atoms with Crippen molar-refractivity contribution < 1.29 is 4.79 Å². The number of nitrogens with zero attached hydrogens (tertiary/aromatic N) is 2. The van der Waals surface area contributed by atoms with Gasteiger partial charge in [0.05, 0.1) is 12.1 Å². The summed E-state index contributed by atoms with van der Waals surface area (Å²) in [4.78, 5) is 11.3. The molecule has 0 saturated carbocycles. The second kappa shape index (κ2) is 3.88. The average molecular weight is 164 g/mol. The van der Waals surface area contributed by atoms with Crippen molar-refractivity contribution in [2.75, 3.05) is 0 Å². The molecule has 0 saturated heterocycles. The molecule has 0 aromatic carbocycles. The van der Waals surface area contributed by atoms with Crippen molar-refractivity contribution in [3.63, 3.8) is 0 Å². The zero-order valence-corrected chi connectivity index (χ0v) is 7.59. The first kappa shape index (κ1) is 10.7. The third-order valence-electron chi connectivity index (χ3n) is 1.54. The van der Waals surface area contributed by atoms with Crippen LogP contribution in [0.25, 0.3) is 0 Å². The first-order chi connectivity index (χ1) is 5.41. The van der Waals surface area contributed by atoms with Crippen LogP contribution in [-0.2, 0) is 4.79 Å². The van der Waals surface area contributed by atoms with Gasteiger partial charge in [-0.1, -0.05) is 20.8 Å². The fourth-order valence-electron chi connectivity index (χ4n) is 0.612. The molecule has 0 spiro atoms. The fraction of sp³-hybridized carbons (Fsp3) is 0.667. The number of hydrogen-bond donors (Lipinski definition) is 0. The van der Waals surface area contributed by atoms with Gasteiger partial charge >= 0.3 is 0 Å². The van der Waals surface area contributed by atoms with Gasteiger partial charge in [-0.25, -0.2) is 0 Å². The Hall–Kier alpha value is -1.35. The second-order valence-corrected chi connectivity index (χ2v) is 3.69. The van der Waals surface area contributed by atoms with Crippen LogP contribution in [0.2, 0.25) is 0 Å². The predicted molar refractivity (Wildman–Crippen MR) is 43.8 cm³/mol. The van der Waals surface area contributed by atoms with E-state index in [1.54, 1.807) is 32.9 Å². The number of hydrogen-bond acceptors (Lipinski definition) is 3. The summed E-state index contributed by atoms with van der Waals surface area (Å²) in [5, 5.41) is 16.8. The smallest absolute Gasteiger partial charge is 0.140 e. The number of ketones is 1. The number of carbonyl (C=O) groups excluding carboxylic acids is 1. The first-order valence-corrected chi connectivity index (χ1v) is 3.74. The van der Waals surface area contributed by atoms with Crippen LogP contribution in [0.3, 0.4) is 0 Å². The Balaban J connectivity index is 4.23. The van der Waals surface area contributed by atoms with Crippen molar-refractivity contribution in [1.82, 2.24) is 0 Å². The van der Waals surface area contributed by atoms with Gasteiger partial charge in [0, 0.05) is 11.8 Å². The average Bonchev–Trinajstić information content (AvgIpc) is 1.97. The van der Waals surface area contributed by atoms with E-state index in [-0.39, 0.29) is 12.2 Å². The van der Waals surface area contributed by atoms with E-state index in [4.69, 9.17) is 10.5 Å². The highest BCUT2D eigenvalue weighted by Crippen LogP contribution is 2.19. The van der Waals surface area contributed by atoms with Gasteiger partial charge in [0.1, 0.15) is 11.7 Å². The van der Waals surface area contributed by atoms with Gasteiger partial charge in [-0.2, -0.15) is 10.5 Å². The molecule has 0 aromatic rings. The van der Waals surface area contributed by atoms with Crippen molar-refractivity contribution in [3.05, 3.63) is 0 Å². The van der Waals surface area contributed by atoms with E-state index < -0.39 is 11.3 Å². The van der Waals surface area contributed by atoms with Crippen molar-refractivity contribution in [2.24, 2.45) is 11.3 Å². The maximum absolute atomic E-state index is 11.3. The lowest BCUT2D eigenvalue weighted by Crippen LogP contribution is -2.22. The molecule has 0 fully saturated rings. The van der Waals surface area contributed by atoms with E-state index >= 15 is 0 Å². The maximum Gasteiger partial charge on any atom is 0.140 e. The SMILES string of the molecule is CC(C)(C)C(=O)CC(C#N)C#N. The molecule has 0 aliphatic heterocycles. The molecule has 0 bridgehead atoms. The van der Waals surface area contributed by atoms with Crippen LogP contribution in [0.5, 0.6) is 0 Å². The zero-order valence-electron chi connectivity index (χ0n) is 7.59. The summed E-state index contributed by atoms with van der Waals surface area (Å²) >= 11 is 0. The number of rotatable bonds is 2. The van der Waals surface area contributed by atoms with Crippen molar-refractivity contribution in [3.8, 4) is 12.1 Å². The number of Topliss-reactive ketones (excluding diaryl/α,β-unsaturated/α-hetero) is 1. The van der Waals surface area contributed by atoms with Crippen LogP contribution >= 0.6 is 0 Å². The van der Waals surface area contributed by atoms with Crippen LogP contribution in [0.15, 0.2) is 0 Å².